The van der Waals surface area contributed by atoms with Crippen LogP contribution in [0.2, 0.25) is 0 Å². The lowest BCUT2D eigenvalue weighted by molar-refractivity contribution is -0.149. The van der Waals surface area contributed by atoms with Crippen LogP contribution in [0.4, 0.5) is 0 Å². The number of aromatic nitrogens is 2. The quantitative estimate of drug-likeness (QED) is 0.576. The molecule has 0 unspecified atom stereocenters. The van der Waals surface area contributed by atoms with Crippen molar-refractivity contribution in [3.63, 3.8) is 0 Å². The Bertz CT molecular complexity index is 700. The Morgan fingerprint density at radius 1 is 1.12 bits per heavy atom. The van der Waals surface area contributed by atoms with Crippen LogP contribution in [-0.4, -0.2) is 70.1 Å². The third-order valence-corrected chi connectivity index (χ3v) is 4.37. The van der Waals surface area contributed by atoms with E-state index < -0.39 is 5.97 Å². The van der Waals surface area contributed by atoms with Gasteiger partial charge in [0.2, 0.25) is 5.91 Å². The number of aryl methyl sites for hydroxylation is 2. The van der Waals surface area contributed by atoms with Crippen molar-refractivity contribution < 1.29 is 19.1 Å². The molecule has 0 aromatic carbocycles. The highest BCUT2D eigenvalue weighted by molar-refractivity contribution is 5.89. The Morgan fingerprint density at radius 2 is 1.72 bits per heavy atom. The van der Waals surface area contributed by atoms with E-state index in [0.29, 0.717) is 26.2 Å². The molecular formula is C17H24N4O4. The minimum Gasteiger partial charge on any atom is -0.452 e. The summed E-state index contributed by atoms with van der Waals surface area (Å²) < 4.78 is 6.76. The molecule has 1 aliphatic heterocycles. The molecule has 8 heteroatoms. The maximum atomic E-state index is 12.1. The summed E-state index contributed by atoms with van der Waals surface area (Å²) in [5.41, 5.74) is 2.63. The van der Waals surface area contributed by atoms with Crippen LogP contribution < -0.4 is 0 Å². The van der Waals surface area contributed by atoms with Crippen LogP contribution in [-0.2, 0) is 26.2 Å². The number of amides is 2. The average molecular weight is 348 g/mol. The molecule has 1 fully saturated rings. The smallest absolute Gasteiger partial charge is 0.331 e. The van der Waals surface area contributed by atoms with E-state index in [1.165, 1.54) is 13.0 Å². The predicted octanol–water partition coefficient (Wildman–Crippen LogP) is 0.284. The summed E-state index contributed by atoms with van der Waals surface area (Å²) in [6.45, 7) is 6.92. The first-order valence-electron chi connectivity index (χ1n) is 8.18. The molecule has 1 aliphatic rings. The normalized spacial score (nSPS) is 14.9. The number of nitrogens with zero attached hydrogens (tertiary/aromatic N) is 4. The molecule has 0 saturated carbocycles. The summed E-state index contributed by atoms with van der Waals surface area (Å²) in [6, 6.07) is 0. The molecule has 1 aromatic heterocycles. The van der Waals surface area contributed by atoms with Gasteiger partial charge in [-0.3, -0.25) is 14.3 Å². The SMILES string of the molecule is CC(=O)N1CCN(C(=O)COC(=O)/C=C/c2c(C)nn(C)c2C)CC1. The van der Waals surface area contributed by atoms with Crippen molar-refractivity contribution in [3.8, 4) is 0 Å². The fourth-order valence-corrected chi connectivity index (χ4v) is 2.73. The molecule has 0 N–H and O–H groups in total. The van der Waals surface area contributed by atoms with Gasteiger partial charge in [0.1, 0.15) is 0 Å². The maximum Gasteiger partial charge on any atom is 0.331 e. The maximum absolute atomic E-state index is 12.1. The van der Waals surface area contributed by atoms with E-state index in [-0.39, 0.29) is 18.4 Å². The summed E-state index contributed by atoms with van der Waals surface area (Å²) in [4.78, 5) is 38.4. The van der Waals surface area contributed by atoms with Crippen LogP contribution in [0.3, 0.4) is 0 Å². The molecule has 0 atom stereocenters. The van der Waals surface area contributed by atoms with E-state index >= 15 is 0 Å². The second kappa shape index (κ2) is 7.96. The van der Waals surface area contributed by atoms with Crippen LogP contribution in [0, 0.1) is 13.8 Å². The number of esters is 1. The standard InChI is InChI=1S/C17H24N4O4/c1-12-15(13(2)19(4)18-12)5-6-17(24)25-11-16(23)21-9-7-20(8-10-21)14(3)22/h5-6H,7-11H2,1-4H3/b6-5+. The van der Waals surface area contributed by atoms with E-state index in [1.807, 2.05) is 20.9 Å². The molecule has 0 aliphatic carbocycles. The monoisotopic (exact) mass is 348 g/mol. The Kier molecular flexibility index (Phi) is 5.95. The van der Waals surface area contributed by atoms with E-state index in [9.17, 15) is 14.4 Å². The highest BCUT2D eigenvalue weighted by Crippen LogP contribution is 2.13. The second-order valence-corrected chi connectivity index (χ2v) is 6.04. The van der Waals surface area contributed by atoms with Crippen LogP contribution in [0.25, 0.3) is 6.08 Å². The van der Waals surface area contributed by atoms with E-state index in [2.05, 4.69) is 5.10 Å². The van der Waals surface area contributed by atoms with Gasteiger partial charge >= 0.3 is 5.97 Å². The van der Waals surface area contributed by atoms with Crippen LogP contribution in [0.1, 0.15) is 23.9 Å². The lowest BCUT2D eigenvalue weighted by atomic mass is 10.2. The average Bonchev–Trinajstić information content (AvgIpc) is 2.83. The van der Waals surface area contributed by atoms with Gasteiger partial charge in [-0.2, -0.15) is 5.10 Å². The summed E-state index contributed by atoms with van der Waals surface area (Å²) in [7, 11) is 1.84. The van der Waals surface area contributed by atoms with Crippen molar-refractivity contribution in [2.75, 3.05) is 32.8 Å². The number of ether oxygens (including phenoxy) is 1. The van der Waals surface area contributed by atoms with Crippen molar-refractivity contribution in [3.05, 3.63) is 23.0 Å². The number of carbonyl (C=O) groups excluding carboxylic acids is 3. The van der Waals surface area contributed by atoms with Crippen LogP contribution in [0.15, 0.2) is 6.08 Å². The highest BCUT2D eigenvalue weighted by Gasteiger charge is 2.22. The van der Waals surface area contributed by atoms with Crippen molar-refractivity contribution in [1.29, 1.82) is 0 Å². The van der Waals surface area contributed by atoms with Gasteiger partial charge in [0.05, 0.1) is 5.69 Å². The summed E-state index contributed by atoms with van der Waals surface area (Å²) in [5.74, 6) is -0.818. The number of piperazine rings is 1. The van der Waals surface area contributed by atoms with Gasteiger partial charge in [-0.15, -0.1) is 0 Å². The molecular weight excluding hydrogens is 324 g/mol. The molecule has 1 aromatic rings. The second-order valence-electron chi connectivity index (χ2n) is 6.04. The first-order valence-corrected chi connectivity index (χ1v) is 8.18. The summed E-state index contributed by atoms with van der Waals surface area (Å²) >= 11 is 0. The van der Waals surface area contributed by atoms with Gasteiger partial charge in [0.15, 0.2) is 6.61 Å². The lowest BCUT2D eigenvalue weighted by Gasteiger charge is -2.34. The molecule has 25 heavy (non-hydrogen) atoms. The summed E-state index contributed by atoms with van der Waals surface area (Å²) in [6.07, 6.45) is 2.95. The molecule has 0 radical (unpaired) electrons. The Labute approximate surface area is 147 Å². The van der Waals surface area contributed by atoms with Crippen LogP contribution in [0.5, 0.6) is 0 Å². The molecule has 2 amide bonds. The van der Waals surface area contributed by atoms with Gasteiger partial charge in [-0.05, 0) is 19.9 Å². The number of rotatable bonds is 4. The zero-order valence-electron chi connectivity index (χ0n) is 15.1. The Hall–Kier alpha value is -2.64. The Morgan fingerprint density at radius 3 is 2.24 bits per heavy atom. The minimum atomic E-state index is -0.571. The van der Waals surface area contributed by atoms with Crippen molar-refractivity contribution in [2.45, 2.75) is 20.8 Å². The van der Waals surface area contributed by atoms with E-state index in [1.54, 1.807) is 20.6 Å². The lowest BCUT2D eigenvalue weighted by Crippen LogP contribution is -2.51. The van der Waals surface area contributed by atoms with Gasteiger partial charge in [-0.25, -0.2) is 4.79 Å². The fraction of sp³-hybridized carbons (Fsp3) is 0.529. The third kappa shape index (κ3) is 4.68. The zero-order valence-corrected chi connectivity index (χ0v) is 15.1. The molecule has 0 spiro atoms. The fourth-order valence-electron chi connectivity index (χ4n) is 2.73. The third-order valence-electron chi connectivity index (χ3n) is 4.37. The molecule has 1 saturated heterocycles. The van der Waals surface area contributed by atoms with Gasteiger partial charge in [-0.1, -0.05) is 0 Å². The first-order chi connectivity index (χ1) is 11.8. The van der Waals surface area contributed by atoms with Crippen molar-refractivity contribution >= 4 is 23.9 Å². The topological polar surface area (TPSA) is 84.7 Å². The number of hydrogen-bond acceptors (Lipinski definition) is 5. The molecule has 0 bridgehead atoms. The molecule has 8 nitrogen and oxygen atoms in total. The number of carbonyl (C=O) groups is 3. The first kappa shape index (κ1) is 18.7. The predicted molar refractivity (Wildman–Crippen MR) is 91.5 cm³/mol. The molecule has 2 rings (SSSR count). The van der Waals surface area contributed by atoms with Crippen molar-refractivity contribution in [2.24, 2.45) is 7.05 Å². The minimum absolute atomic E-state index is 0.00431. The van der Waals surface area contributed by atoms with E-state index in [0.717, 1.165) is 17.0 Å². The zero-order chi connectivity index (χ0) is 18.6. The van der Waals surface area contributed by atoms with Crippen LogP contribution >= 0.6 is 0 Å². The van der Waals surface area contributed by atoms with Crippen molar-refractivity contribution in [1.82, 2.24) is 19.6 Å². The number of hydrogen-bond donors (Lipinski definition) is 0. The molecule has 136 valence electrons. The van der Waals surface area contributed by atoms with Gasteiger partial charge < -0.3 is 14.5 Å². The van der Waals surface area contributed by atoms with Gasteiger partial charge in [0.25, 0.3) is 5.91 Å². The summed E-state index contributed by atoms with van der Waals surface area (Å²) in [5, 5.41) is 4.27. The van der Waals surface area contributed by atoms with E-state index in [4.69, 9.17) is 4.74 Å². The van der Waals surface area contributed by atoms with Gasteiger partial charge in [0, 0.05) is 57.5 Å². The highest BCUT2D eigenvalue weighted by atomic mass is 16.5. The Balaban J connectivity index is 1.81. The molecule has 2 heterocycles. The largest absolute Gasteiger partial charge is 0.452 e.